The summed E-state index contributed by atoms with van der Waals surface area (Å²) in [5.74, 6) is 2.12. The maximum atomic E-state index is 6.35. The van der Waals surface area contributed by atoms with Crippen LogP contribution >= 0.6 is 11.6 Å². The van der Waals surface area contributed by atoms with Crippen LogP contribution in [0.2, 0.25) is 5.02 Å². The van der Waals surface area contributed by atoms with E-state index in [-0.39, 0.29) is 0 Å². The third-order valence-electron chi connectivity index (χ3n) is 4.30. The Morgan fingerprint density at radius 2 is 1.96 bits per heavy atom. The van der Waals surface area contributed by atoms with Crippen LogP contribution in [0.4, 0.5) is 17.5 Å². The van der Waals surface area contributed by atoms with Crippen LogP contribution in [0.1, 0.15) is 30.9 Å². The number of aromatic nitrogens is 3. The molecule has 1 N–H and O–H groups in total. The first-order chi connectivity index (χ1) is 11.0. The van der Waals surface area contributed by atoms with Crippen molar-refractivity contribution in [3.63, 3.8) is 0 Å². The number of hydrogen-bond acceptors (Lipinski definition) is 5. The summed E-state index contributed by atoms with van der Waals surface area (Å²) in [6, 6.07) is 4.04. The summed E-state index contributed by atoms with van der Waals surface area (Å²) in [6.45, 7) is 8.32. The molecule has 1 aliphatic heterocycles. The van der Waals surface area contributed by atoms with Crippen molar-refractivity contribution >= 4 is 29.1 Å². The summed E-state index contributed by atoms with van der Waals surface area (Å²) in [5.41, 5.74) is 3.10. The van der Waals surface area contributed by atoms with Gasteiger partial charge in [0.1, 0.15) is 0 Å². The first kappa shape index (κ1) is 16.0. The van der Waals surface area contributed by atoms with E-state index >= 15 is 0 Å². The molecule has 23 heavy (non-hydrogen) atoms. The topological polar surface area (TPSA) is 53.9 Å². The summed E-state index contributed by atoms with van der Waals surface area (Å²) in [7, 11) is 0. The molecule has 0 saturated carbocycles. The molecular weight excluding hydrogens is 310 g/mol. The molecule has 0 aliphatic carbocycles. The Bertz CT molecular complexity index is 672. The monoisotopic (exact) mass is 331 g/mol. The van der Waals surface area contributed by atoms with E-state index in [2.05, 4.69) is 38.4 Å². The smallest absolute Gasteiger partial charge is 0.247 e. The van der Waals surface area contributed by atoms with Gasteiger partial charge in [0.05, 0.1) is 16.9 Å². The zero-order valence-corrected chi connectivity index (χ0v) is 14.6. The second-order valence-corrected chi connectivity index (χ2v) is 6.78. The Hall–Kier alpha value is -1.88. The van der Waals surface area contributed by atoms with E-state index in [0.29, 0.717) is 16.8 Å². The molecule has 2 heterocycles. The van der Waals surface area contributed by atoms with Gasteiger partial charge < -0.3 is 10.2 Å². The zero-order chi connectivity index (χ0) is 16.4. The third-order valence-corrected chi connectivity index (χ3v) is 4.60. The predicted octanol–water partition coefficient (Wildman–Crippen LogP) is 4.12. The van der Waals surface area contributed by atoms with Gasteiger partial charge in [0, 0.05) is 13.1 Å². The lowest BCUT2D eigenvalue weighted by molar-refractivity contribution is 0.433. The lowest BCUT2D eigenvalue weighted by atomic mass is 10.00. The van der Waals surface area contributed by atoms with Crippen molar-refractivity contribution in [3.8, 4) is 0 Å². The summed E-state index contributed by atoms with van der Waals surface area (Å²) in [4.78, 5) is 6.80. The number of halogens is 1. The summed E-state index contributed by atoms with van der Waals surface area (Å²) in [6.07, 6.45) is 3.97. The van der Waals surface area contributed by atoms with Gasteiger partial charge in [-0.3, -0.25) is 0 Å². The van der Waals surface area contributed by atoms with Gasteiger partial charge in [-0.1, -0.05) is 24.6 Å². The number of benzene rings is 1. The number of hydrogen-bond donors (Lipinski definition) is 1. The summed E-state index contributed by atoms with van der Waals surface area (Å²) < 4.78 is 0. The second-order valence-electron chi connectivity index (χ2n) is 6.37. The predicted molar refractivity (Wildman–Crippen MR) is 94.6 cm³/mol. The first-order valence-corrected chi connectivity index (χ1v) is 8.39. The van der Waals surface area contributed by atoms with Crippen LogP contribution in [-0.4, -0.2) is 28.3 Å². The van der Waals surface area contributed by atoms with Crippen LogP contribution in [0, 0.1) is 19.8 Å². The Morgan fingerprint density at radius 3 is 2.65 bits per heavy atom. The number of rotatable bonds is 3. The Morgan fingerprint density at radius 1 is 1.22 bits per heavy atom. The second kappa shape index (κ2) is 6.71. The Balaban J connectivity index is 1.81. The van der Waals surface area contributed by atoms with E-state index in [1.807, 2.05) is 19.9 Å². The van der Waals surface area contributed by atoms with Crippen molar-refractivity contribution < 1.29 is 0 Å². The third kappa shape index (κ3) is 3.72. The average Bonchev–Trinajstić information content (AvgIpc) is 2.52. The number of nitrogens with zero attached hydrogens (tertiary/aromatic N) is 4. The highest BCUT2D eigenvalue weighted by Gasteiger charge is 2.18. The van der Waals surface area contributed by atoms with Crippen molar-refractivity contribution in [2.24, 2.45) is 5.92 Å². The van der Waals surface area contributed by atoms with Crippen LogP contribution < -0.4 is 10.2 Å². The molecule has 1 saturated heterocycles. The molecule has 122 valence electrons. The molecule has 0 spiro atoms. The van der Waals surface area contributed by atoms with E-state index < -0.39 is 0 Å². The molecule has 0 radical (unpaired) electrons. The molecule has 0 atom stereocenters. The first-order valence-electron chi connectivity index (χ1n) is 8.01. The van der Waals surface area contributed by atoms with Crippen molar-refractivity contribution in [2.45, 2.75) is 33.6 Å². The van der Waals surface area contributed by atoms with Crippen LogP contribution in [0.25, 0.3) is 0 Å². The van der Waals surface area contributed by atoms with Gasteiger partial charge in [-0.15, -0.1) is 5.10 Å². The number of anilines is 3. The standard InChI is InChI=1S/C17H22ClN5/c1-11-4-6-23(7-5-11)17-21-15(10-19-22-17)20-16-13(3)8-12(2)9-14(16)18/h8-11H,4-7H2,1-3H3,(H,20,21,22). The summed E-state index contributed by atoms with van der Waals surface area (Å²) >= 11 is 6.35. The molecule has 5 nitrogen and oxygen atoms in total. The number of aryl methyl sites for hydroxylation is 2. The van der Waals surface area contributed by atoms with Crippen LogP contribution in [-0.2, 0) is 0 Å². The van der Waals surface area contributed by atoms with Crippen molar-refractivity contribution in [2.75, 3.05) is 23.3 Å². The minimum Gasteiger partial charge on any atom is -0.339 e. The minimum absolute atomic E-state index is 0.669. The van der Waals surface area contributed by atoms with Gasteiger partial charge >= 0.3 is 0 Å². The van der Waals surface area contributed by atoms with Gasteiger partial charge in [-0.25, -0.2) is 0 Å². The highest BCUT2D eigenvalue weighted by molar-refractivity contribution is 6.33. The van der Waals surface area contributed by atoms with E-state index in [4.69, 9.17) is 11.6 Å². The highest BCUT2D eigenvalue weighted by Crippen LogP contribution is 2.30. The van der Waals surface area contributed by atoms with Crippen LogP contribution in [0.15, 0.2) is 18.3 Å². The molecule has 0 unspecified atom stereocenters. The zero-order valence-electron chi connectivity index (χ0n) is 13.8. The molecule has 1 aromatic carbocycles. The van der Waals surface area contributed by atoms with Crippen molar-refractivity contribution in [1.82, 2.24) is 15.2 Å². The average molecular weight is 332 g/mol. The number of nitrogens with one attached hydrogen (secondary N) is 1. The molecule has 1 aliphatic rings. The molecule has 0 amide bonds. The largest absolute Gasteiger partial charge is 0.339 e. The molecule has 1 fully saturated rings. The van der Waals surface area contributed by atoms with Gasteiger partial charge in [-0.05, 0) is 49.8 Å². The van der Waals surface area contributed by atoms with Crippen LogP contribution in [0.3, 0.4) is 0 Å². The molecule has 6 heteroatoms. The molecular formula is C17H22ClN5. The minimum atomic E-state index is 0.669. The molecule has 0 bridgehead atoms. The number of piperidine rings is 1. The van der Waals surface area contributed by atoms with E-state index in [0.717, 1.165) is 35.8 Å². The fourth-order valence-electron chi connectivity index (χ4n) is 2.90. The SMILES string of the molecule is Cc1cc(C)c(Nc2cnnc(N3CCC(C)CC3)n2)c(Cl)c1. The van der Waals surface area contributed by atoms with Crippen LogP contribution in [0.5, 0.6) is 0 Å². The normalized spacial score (nSPS) is 15.7. The summed E-state index contributed by atoms with van der Waals surface area (Å²) in [5, 5.41) is 12.2. The Kier molecular flexibility index (Phi) is 4.66. The van der Waals surface area contributed by atoms with E-state index in [9.17, 15) is 0 Å². The van der Waals surface area contributed by atoms with E-state index in [1.54, 1.807) is 6.20 Å². The van der Waals surface area contributed by atoms with E-state index in [1.165, 1.54) is 12.8 Å². The molecule has 2 aromatic rings. The van der Waals surface area contributed by atoms with Crippen molar-refractivity contribution in [3.05, 3.63) is 34.5 Å². The lowest BCUT2D eigenvalue weighted by Crippen LogP contribution is -2.34. The maximum absolute atomic E-state index is 6.35. The molecule has 3 rings (SSSR count). The van der Waals surface area contributed by atoms with Crippen molar-refractivity contribution in [1.29, 1.82) is 0 Å². The molecule has 1 aromatic heterocycles. The Labute approximate surface area is 142 Å². The fraction of sp³-hybridized carbons (Fsp3) is 0.471. The maximum Gasteiger partial charge on any atom is 0.247 e. The fourth-order valence-corrected chi connectivity index (χ4v) is 3.27. The highest BCUT2D eigenvalue weighted by atomic mass is 35.5. The lowest BCUT2D eigenvalue weighted by Gasteiger charge is -2.29. The van der Waals surface area contributed by atoms with Gasteiger partial charge in [-0.2, -0.15) is 10.1 Å². The van der Waals surface area contributed by atoms with Gasteiger partial charge in [0.25, 0.3) is 0 Å². The van der Waals surface area contributed by atoms with Gasteiger partial charge in [0.15, 0.2) is 5.82 Å². The quantitative estimate of drug-likeness (QED) is 0.916. The van der Waals surface area contributed by atoms with Gasteiger partial charge in [0.2, 0.25) is 5.95 Å².